The number of aliphatic hydroxyl groups is 1. The van der Waals surface area contributed by atoms with Crippen molar-refractivity contribution in [2.45, 2.75) is 64.2 Å². The Hall–Kier alpha value is -0.120. The Kier molecular flexibility index (Phi) is 13.8. The summed E-state index contributed by atoms with van der Waals surface area (Å²) >= 11 is 0. The SMILES string of the molecule is OCCCCCCCCCCCCNO. The van der Waals surface area contributed by atoms with E-state index in [0.717, 1.165) is 19.4 Å². The molecule has 0 aliphatic rings. The minimum absolute atomic E-state index is 0.346. The third kappa shape index (κ3) is 13.9. The second-order valence-corrected chi connectivity index (χ2v) is 4.17. The molecular weight excluding hydrogens is 190 g/mol. The minimum atomic E-state index is 0.346. The molecule has 0 aromatic heterocycles. The summed E-state index contributed by atoms with van der Waals surface area (Å²) in [7, 11) is 0. The molecule has 0 aromatic rings. The Morgan fingerprint density at radius 2 is 1.00 bits per heavy atom. The highest BCUT2D eigenvalue weighted by Crippen LogP contribution is 2.10. The minimum Gasteiger partial charge on any atom is -0.396 e. The van der Waals surface area contributed by atoms with Crippen LogP contribution >= 0.6 is 0 Å². The molecule has 0 amide bonds. The van der Waals surface area contributed by atoms with Crippen LogP contribution in [-0.4, -0.2) is 23.5 Å². The summed E-state index contributed by atoms with van der Waals surface area (Å²) in [5.41, 5.74) is 2.18. The van der Waals surface area contributed by atoms with E-state index in [2.05, 4.69) is 5.48 Å². The van der Waals surface area contributed by atoms with E-state index in [1.807, 2.05) is 0 Å². The zero-order valence-corrected chi connectivity index (χ0v) is 9.88. The van der Waals surface area contributed by atoms with Crippen molar-refractivity contribution >= 4 is 0 Å². The van der Waals surface area contributed by atoms with Gasteiger partial charge >= 0.3 is 0 Å². The van der Waals surface area contributed by atoms with Gasteiger partial charge in [0.1, 0.15) is 0 Å². The molecule has 0 aliphatic heterocycles. The van der Waals surface area contributed by atoms with Crippen LogP contribution in [0.1, 0.15) is 64.2 Å². The molecule has 0 rings (SSSR count). The summed E-state index contributed by atoms with van der Waals surface area (Å²) in [6, 6.07) is 0. The van der Waals surface area contributed by atoms with Crippen LogP contribution in [0.5, 0.6) is 0 Å². The third-order valence-corrected chi connectivity index (χ3v) is 2.70. The molecule has 3 heteroatoms. The van der Waals surface area contributed by atoms with Crippen LogP contribution in [0.15, 0.2) is 0 Å². The summed E-state index contributed by atoms with van der Waals surface area (Å²) in [6.45, 7) is 1.07. The Morgan fingerprint density at radius 3 is 1.40 bits per heavy atom. The predicted octanol–water partition coefficient (Wildman–Crippen LogP) is 2.86. The maximum atomic E-state index is 8.59. The number of hydrogen-bond donors (Lipinski definition) is 3. The molecule has 0 spiro atoms. The number of unbranched alkanes of at least 4 members (excludes halogenated alkanes) is 9. The van der Waals surface area contributed by atoms with E-state index >= 15 is 0 Å². The normalized spacial score (nSPS) is 10.8. The molecule has 3 N–H and O–H groups in total. The number of rotatable bonds is 12. The molecular formula is C12H27NO2. The molecule has 0 unspecified atom stereocenters. The molecule has 0 fully saturated rings. The van der Waals surface area contributed by atoms with Gasteiger partial charge in [-0.1, -0.05) is 51.4 Å². The smallest absolute Gasteiger partial charge is 0.0431 e. The molecule has 0 saturated carbocycles. The molecule has 3 nitrogen and oxygen atoms in total. The van der Waals surface area contributed by atoms with Gasteiger partial charge in [-0.2, -0.15) is 0 Å². The van der Waals surface area contributed by atoms with Crippen LogP contribution in [0.4, 0.5) is 0 Å². The number of hydrogen-bond acceptors (Lipinski definition) is 3. The molecule has 0 saturated heterocycles. The first-order chi connectivity index (χ1) is 7.41. The van der Waals surface area contributed by atoms with Gasteiger partial charge in [-0.3, -0.25) is 0 Å². The monoisotopic (exact) mass is 217 g/mol. The molecule has 0 atom stereocenters. The number of hydroxylamine groups is 1. The average Bonchev–Trinajstić information content (AvgIpc) is 2.26. The van der Waals surface area contributed by atoms with Gasteiger partial charge in [0, 0.05) is 13.2 Å². The van der Waals surface area contributed by atoms with Gasteiger partial charge in [-0.05, 0) is 12.8 Å². The zero-order chi connectivity index (χ0) is 11.2. The summed E-state index contributed by atoms with van der Waals surface area (Å²) in [4.78, 5) is 0. The van der Waals surface area contributed by atoms with Crippen LogP contribution in [0.2, 0.25) is 0 Å². The van der Waals surface area contributed by atoms with E-state index in [0.29, 0.717) is 6.61 Å². The lowest BCUT2D eigenvalue weighted by Crippen LogP contribution is -2.07. The third-order valence-electron chi connectivity index (χ3n) is 2.70. The topological polar surface area (TPSA) is 52.5 Å². The Morgan fingerprint density at radius 1 is 0.600 bits per heavy atom. The highest BCUT2D eigenvalue weighted by Gasteiger charge is 1.92. The molecule has 0 aromatic carbocycles. The highest BCUT2D eigenvalue weighted by molar-refractivity contribution is 4.48. The van der Waals surface area contributed by atoms with Gasteiger partial charge in [0.25, 0.3) is 0 Å². The summed E-state index contributed by atoms with van der Waals surface area (Å²) in [6.07, 6.45) is 12.3. The molecule has 0 bridgehead atoms. The summed E-state index contributed by atoms with van der Waals surface area (Å²) < 4.78 is 0. The largest absolute Gasteiger partial charge is 0.396 e. The van der Waals surface area contributed by atoms with Crippen molar-refractivity contribution in [3.8, 4) is 0 Å². The van der Waals surface area contributed by atoms with Crippen molar-refractivity contribution in [2.24, 2.45) is 0 Å². The fourth-order valence-electron chi connectivity index (χ4n) is 1.73. The first kappa shape index (κ1) is 14.9. The van der Waals surface area contributed by atoms with Crippen molar-refractivity contribution in [3.63, 3.8) is 0 Å². The summed E-state index contributed by atoms with van der Waals surface area (Å²) in [5.74, 6) is 0. The van der Waals surface area contributed by atoms with Crippen LogP contribution in [0, 0.1) is 0 Å². The second kappa shape index (κ2) is 13.9. The lowest BCUT2D eigenvalue weighted by atomic mass is 10.1. The fourth-order valence-corrected chi connectivity index (χ4v) is 1.73. The molecule has 92 valence electrons. The van der Waals surface area contributed by atoms with Crippen LogP contribution in [0.25, 0.3) is 0 Å². The Bertz CT molecular complexity index is 97.8. The van der Waals surface area contributed by atoms with Crippen LogP contribution in [0.3, 0.4) is 0 Å². The van der Waals surface area contributed by atoms with Gasteiger partial charge in [0.05, 0.1) is 0 Å². The fraction of sp³-hybridized carbons (Fsp3) is 1.00. The summed E-state index contributed by atoms with van der Waals surface area (Å²) in [5, 5.41) is 16.9. The maximum Gasteiger partial charge on any atom is 0.0431 e. The molecule has 0 aliphatic carbocycles. The van der Waals surface area contributed by atoms with Crippen molar-refractivity contribution in [1.82, 2.24) is 5.48 Å². The maximum absolute atomic E-state index is 8.59. The first-order valence-corrected chi connectivity index (χ1v) is 6.39. The van der Waals surface area contributed by atoms with Crippen molar-refractivity contribution in [3.05, 3.63) is 0 Å². The highest BCUT2D eigenvalue weighted by atomic mass is 16.5. The van der Waals surface area contributed by atoms with Crippen LogP contribution < -0.4 is 5.48 Å². The number of nitrogens with one attached hydrogen (secondary N) is 1. The quantitative estimate of drug-likeness (QED) is 0.348. The molecule has 0 heterocycles. The van der Waals surface area contributed by atoms with Gasteiger partial charge in [-0.15, -0.1) is 0 Å². The lowest BCUT2D eigenvalue weighted by Gasteiger charge is -2.01. The van der Waals surface area contributed by atoms with Crippen molar-refractivity contribution in [2.75, 3.05) is 13.2 Å². The zero-order valence-electron chi connectivity index (χ0n) is 9.88. The van der Waals surface area contributed by atoms with E-state index in [1.165, 1.54) is 51.4 Å². The van der Waals surface area contributed by atoms with Gasteiger partial charge in [0.15, 0.2) is 0 Å². The first-order valence-electron chi connectivity index (χ1n) is 6.39. The van der Waals surface area contributed by atoms with Gasteiger partial charge in [-0.25, -0.2) is 5.48 Å². The molecule has 15 heavy (non-hydrogen) atoms. The van der Waals surface area contributed by atoms with E-state index in [-0.39, 0.29) is 0 Å². The van der Waals surface area contributed by atoms with E-state index < -0.39 is 0 Å². The van der Waals surface area contributed by atoms with E-state index in [9.17, 15) is 0 Å². The predicted molar refractivity (Wildman–Crippen MR) is 63.0 cm³/mol. The van der Waals surface area contributed by atoms with Crippen molar-refractivity contribution < 1.29 is 10.3 Å². The van der Waals surface area contributed by atoms with E-state index in [4.69, 9.17) is 10.3 Å². The Labute approximate surface area is 93.8 Å². The average molecular weight is 217 g/mol. The standard InChI is InChI=1S/C12H27NO2/c14-12-10-8-6-4-2-1-3-5-7-9-11-13-15/h13-15H,1-12H2. The Balaban J connectivity index is 2.81. The lowest BCUT2D eigenvalue weighted by molar-refractivity contribution is 0.164. The van der Waals surface area contributed by atoms with Crippen LogP contribution in [-0.2, 0) is 0 Å². The molecule has 0 radical (unpaired) electrons. The van der Waals surface area contributed by atoms with E-state index in [1.54, 1.807) is 0 Å². The second-order valence-electron chi connectivity index (χ2n) is 4.17. The number of aliphatic hydroxyl groups excluding tert-OH is 1. The van der Waals surface area contributed by atoms with Gasteiger partial charge < -0.3 is 10.3 Å². The van der Waals surface area contributed by atoms with Gasteiger partial charge in [0.2, 0.25) is 0 Å². The van der Waals surface area contributed by atoms with Crippen molar-refractivity contribution in [1.29, 1.82) is 0 Å².